The van der Waals surface area contributed by atoms with Crippen molar-refractivity contribution in [3.63, 3.8) is 0 Å². The van der Waals surface area contributed by atoms with E-state index in [2.05, 4.69) is 4.74 Å². The molecule has 0 aliphatic carbocycles. The Morgan fingerprint density at radius 3 is 2.13 bits per heavy atom. The fourth-order valence-electron chi connectivity index (χ4n) is 1.08. The number of primary amides is 1. The van der Waals surface area contributed by atoms with Crippen LogP contribution in [0.2, 0.25) is 0 Å². The number of carboxylic acids is 1. The lowest BCUT2D eigenvalue weighted by Crippen LogP contribution is -2.62. The van der Waals surface area contributed by atoms with Gasteiger partial charge in [-0.15, -0.1) is 0 Å². The first kappa shape index (κ1) is 11.6. The molecule has 84 valence electrons. The number of ketones is 1. The van der Waals surface area contributed by atoms with Gasteiger partial charge in [-0.2, -0.15) is 0 Å². The highest BCUT2D eigenvalue weighted by molar-refractivity contribution is 6.12. The lowest BCUT2D eigenvalue weighted by atomic mass is 9.92. The maximum Gasteiger partial charge on any atom is 0.332 e. The van der Waals surface area contributed by atoms with Crippen molar-refractivity contribution in [2.75, 3.05) is 6.54 Å². The molecule has 0 radical (unpaired) electrons. The third-order valence-corrected chi connectivity index (χ3v) is 2.17. The summed E-state index contributed by atoms with van der Waals surface area (Å²) in [6, 6.07) is 0. The number of aliphatic carboxylic acids is 1. The molecule has 0 bridgehead atoms. The summed E-state index contributed by atoms with van der Waals surface area (Å²) in [4.78, 5) is 32.8. The van der Waals surface area contributed by atoms with Crippen molar-refractivity contribution < 1.29 is 24.2 Å². The topological polar surface area (TPSA) is 162 Å². The number of amides is 1. The minimum Gasteiger partial charge on any atom is -0.479 e. The number of nitrogens with two attached hydrogens (primary N) is 3. The minimum absolute atomic E-state index is 0.577. The molecule has 1 saturated heterocycles. The number of rotatable bonds is 5. The number of carbonyl (C=O) groups excluding carboxylic acids is 2. The molecule has 1 aliphatic heterocycles. The maximum atomic E-state index is 11.5. The number of hydrogen-bond donors (Lipinski definition) is 4. The fourth-order valence-corrected chi connectivity index (χ4v) is 1.08. The normalized spacial score (nSPS) is 27.9. The van der Waals surface area contributed by atoms with Gasteiger partial charge in [-0.1, -0.05) is 0 Å². The van der Waals surface area contributed by atoms with Crippen LogP contribution in [0.25, 0.3) is 0 Å². The molecule has 1 rings (SSSR count). The summed E-state index contributed by atoms with van der Waals surface area (Å²) in [5.41, 5.74) is 13.0. The lowest BCUT2D eigenvalue weighted by Gasteiger charge is -2.19. The molecule has 7 N–H and O–H groups in total. The number of carboxylic acid groups (broad SMARTS) is 1. The second-order valence-corrected chi connectivity index (χ2v) is 3.22. The zero-order chi connectivity index (χ0) is 11.8. The molecular formula is C7H11N3O5. The van der Waals surface area contributed by atoms with Crippen molar-refractivity contribution in [1.82, 2.24) is 0 Å². The van der Waals surface area contributed by atoms with Gasteiger partial charge in [0.2, 0.25) is 5.91 Å². The molecule has 0 aromatic carbocycles. The van der Waals surface area contributed by atoms with Crippen LogP contribution in [0, 0.1) is 0 Å². The minimum atomic E-state index is -2.23. The van der Waals surface area contributed by atoms with E-state index in [1.807, 2.05) is 0 Å². The summed E-state index contributed by atoms with van der Waals surface area (Å²) in [7, 11) is 0. The maximum absolute atomic E-state index is 11.5. The Labute approximate surface area is 84.3 Å². The van der Waals surface area contributed by atoms with Crippen LogP contribution in [0.5, 0.6) is 0 Å². The predicted molar refractivity (Wildman–Crippen MR) is 46.5 cm³/mol. The van der Waals surface area contributed by atoms with Crippen molar-refractivity contribution in [1.29, 1.82) is 0 Å². The van der Waals surface area contributed by atoms with Gasteiger partial charge >= 0.3 is 5.97 Å². The Kier molecular flexibility index (Phi) is 2.75. The van der Waals surface area contributed by atoms with Crippen molar-refractivity contribution in [3.05, 3.63) is 0 Å². The van der Waals surface area contributed by atoms with Crippen molar-refractivity contribution in [3.8, 4) is 0 Å². The average Bonchev–Trinajstić information content (AvgIpc) is 2.94. The molecule has 1 aliphatic rings. The summed E-state index contributed by atoms with van der Waals surface area (Å²) in [6.45, 7) is -0.577. The summed E-state index contributed by atoms with van der Waals surface area (Å²) in [5, 5.41) is 8.71. The summed E-state index contributed by atoms with van der Waals surface area (Å²) in [5.74, 6) is -3.34. The Bertz CT molecular complexity index is 331. The number of Topliss-reactive ketones (excluding diaryl/α,β-unsaturated/α-hetero) is 1. The highest BCUT2D eigenvalue weighted by atomic mass is 16.6. The Balaban J connectivity index is 2.77. The molecule has 8 nitrogen and oxygen atoms in total. The predicted octanol–water partition coefficient (Wildman–Crippen LogP) is -3.45. The van der Waals surface area contributed by atoms with Gasteiger partial charge in [0.05, 0.1) is 0 Å². The van der Waals surface area contributed by atoms with E-state index >= 15 is 0 Å². The highest BCUT2D eigenvalue weighted by Crippen LogP contribution is 2.26. The van der Waals surface area contributed by atoms with Crippen LogP contribution < -0.4 is 17.2 Å². The van der Waals surface area contributed by atoms with Crippen LogP contribution in [-0.2, 0) is 19.1 Å². The average molecular weight is 217 g/mol. The zero-order valence-corrected chi connectivity index (χ0v) is 7.67. The molecule has 0 spiro atoms. The first-order chi connectivity index (χ1) is 6.84. The molecule has 1 heterocycles. The van der Waals surface area contributed by atoms with Crippen LogP contribution in [0.15, 0.2) is 0 Å². The van der Waals surface area contributed by atoms with Gasteiger partial charge in [-0.05, 0) is 0 Å². The van der Waals surface area contributed by atoms with Gasteiger partial charge in [0.25, 0.3) is 0 Å². The molecule has 0 saturated carbocycles. The first-order valence-electron chi connectivity index (χ1n) is 4.06. The van der Waals surface area contributed by atoms with Crippen LogP contribution in [-0.4, -0.2) is 47.1 Å². The largest absolute Gasteiger partial charge is 0.479 e. The molecule has 1 fully saturated rings. The van der Waals surface area contributed by atoms with Gasteiger partial charge in [-0.3, -0.25) is 9.59 Å². The van der Waals surface area contributed by atoms with Crippen LogP contribution in [0.4, 0.5) is 0 Å². The summed E-state index contributed by atoms with van der Waals surface area (Å²) < 4.78 is 4.62. The van der Waals surface area contributed by atoms with E-state index in [9.17, 15) is 14.4 Å². The molecule has 1 unspecified atom stereocenters. The van der Waals surface area contributed by atoms with E-state index in [1.54, 1.807) is 0 Å². The summed E-state index contributed by atoms with van der Waals surface area (Å²) >= 11 is 0. The van der Waals surface area contributed by atoms with Gasteiger partial charge in [0.15, 0.2) is 23.5 Å². The molecule has 15 heavy (non-hydrogen) atoms. The Morgan fingerprint density at radius 1 is 1.33 bits per heavy atom. The first-order valence-corrected chi connectivity index (χ1v) is 4.06. The quantitative estimate of drug-likeness (QED) is 0.275. The van der Waals surface area contributed by atoms with E-state index in [1.165, 1.54) is 0 Å². The Morgan fingerprint density at radius 2 is 1.87 bits per heavy atom. The van der Waals surface area contributed by atoms with E-state index in [0.29, 0.717) is 0 Å². The Hall–Kier alpha value is -1.51. The number of hydrogen-bond acceptors (Lipinski definition) is 6. The molecule has 1 amide bonds. The van der Waals surface area contributed by atoms with Crippen LogP contribution in [0.3, 0.4) is 0 Å². The number of carbonyl (C=O) groups is 3. The standard InChI is InChI=1S/C7H11N3O5/c8-1-7(10,6(13)14)4(11)2-3(15-2)5(9)12/h2-3H,1,8,10H2,(H2,9,12)(H,13,14)/t2-,3-,7?/m0/s1. The molecule has 0 aromatic rings. The smallest absolute Gasteiger partial charge is 0.332 e. The second kappa shape index (κ2) is 3.57. The van der Waals surface area contributed by atoms with Crippen molar-refractivity contribution >= 4 is 17.7 Å². The third kappa shape index (κ3) is 1.82. The van der Waals surface area contributed by atoms with Crippen LogP contribution >= 0.6 is 0 Å². The van der Waals surface area contributed by atoms with E-state index in [4.69, 9.17) is 22.3 Å². The molecular weight excluding hydrogens is 206 g/mol. The van der Waals surface area contributed by atoms with Gasteiger partial charge in [0.1, 0.15) is 0 Å². The lowest BCUT2D eigenvalue weighted by molar-refractivity contribution is -0.148. The molecule has 3 atom stereocenters. The highest BCUT2D eigenvalue weighted by Gasteiger charge is 2.57. The summed E-state index contributed by atoms with van der Waals surface area (Å²) in [6.07, 6.45) is -2.28. The van der Waals surface area contributed by atoms with Crippen molar-refractivity contribution in [2.45, 2.75) is 17.7 Å². The molecule has 8 heteroatoms. The number of ether oxygens (including phenoxy) is 1. The monoisotopic (exact) mass is 217 g/mol. The van der Waals surface area contributed by atoms with Gasteiger partial charge < -0.3 is 27.0 Å². The van der Waals surface area contributed by atoms with Crippen LogP contribution in [0.1, 0.15) is 0 Å². The third-order valence-electron chi connectivity index (χ3n) is 2.17. The molecule has 0 aromatic heterocycles. The zero-order valence-electron chi connectivity index (χ0n) is 7.67. The van der Waals surface area contributed by atoms with E-state index < -0.39 is 42.0 Å². The van der Waals surface area contributed by atoms with Crippen molar-refractivity contribution in [2.24, 2.45) is 17.2 Å². The SMILES string of the molecule is NCC(N)(C(=O)O)C(=O)[C@H]1O[C@@H]1C(N)=O. The van der Waals surface area contributed by atoms with E-state index in [-0.39, 0.29) is 0 Å². The second-order valence-electron chi connectivity index (χ2n) is 3.22. The van der Waals surface area contributed by atoms with E-state index in [0.717, 1.165) is 0 Å². The van der Waals surface area contributed by atoms with Gasteiger partial charge in [0, 0.05) is 6.54 Å². The fraction of sp³-hybridized carbons (Fsp3) is 0.571. The van der Waals surface area contributed by atoms with Gasteiger partial charge in [-0.25, -0.2) is 4.79 Å². The number of epoxide rings is 1.